The maximum absolute atomic E-state index is 10.8. The first kappa shape index (κ1) is 13.9. The van der Waals surface area contributed by atoms with E-state index in [2.05, 4.69) is 27.9 Å². The molecule has 7 heteroatoms. The van der Waals surface area contributed by atoms with Crippen LogP contribution in [0.15, 0.2) is 25.0 Å². The van der Waals surface area contributed by atoms with Crippen molar-refractivity contribution < 1.29 is 29.2 Å². The standard InChI is InChI=1S/C9H15NO6/c1-6(11)14-4-8(16-7(2)12)5-15-9(13)10-3/h8,11-12H,1-2,4-5H2,3H3,(H,10,13). The Hall–Kier alpha value is -2.05. The van der Waals surface area contributed by atoms with Crippen LogP contribution < -0.4 is 5.32 Å². The average Bonchev–Trinajstić information content (AvgIpc) is 2.20. The number of aliphatic hydroxyl groups is 2. The summed E-state index contributed by atoms with van der Waals surface area (Å²) in [6.45, 7) is 5.88. The van der Waals surface area contributed by atoms with Gasteiger partial charge in [0, 0.05) is 7.05 Å². The Balaban J connectivity index is 4.04. The molecule has 0 spiro atoms. The van der Waals surface area contributed by atoms with Crippen LogP contribution in [0.25, 0.3) is 0 Å². The van der Waals surface area contributed by atoms with Gasteiger partial charge < -0.3 is 29.7 Å². The molecule has 7 nitrogen and oxygen atoms in total. The van der Waals surface area contributed by atoms with Gasteiger partial charge in [-0.05, 0) is 13.2 Å². The Morgan fingerprint density at radius 2 is 1.81 bits per heavy atom. The first-order valence-electron chi connectivity index (χ1n) is 4.35. The van der Waals surface area contributed by atoms with E-state index in [4.69, 9.17) is 14.9 Å². The molecule has 0 aliphatic heterocycles. The second-order valence-corrected chi connectivity index (χ2v) is 2.69. The third-order valence-corrected chi connectivity index (χ3v) is 1.34. The van der Waals surface area contributed by atoms with Crippen molar-refractivity contribution in [2.24, 2.45) is 0 Å². The number of carbonyl (C=O) groups excluding carboxylic acids is 1. The van der Waals surface area contributed by atoms with Crippen LogP contribution in [0.3, 0.4) is 0 Å². The highest BCUT2D eigenvalue weighted by atomic mass is 16.6. The van der Waals surface area contributed by atoms with Crippen molar-refractivity contribution in [2.75, 3.05) is 20.3 Å². The van der Waals surface area contributed by atoms with E-state index in [0.29, 0.717) is 0 Å². The number of nitrogens with one attached hydrogen (secondary N) is 1. The van der Waals surface area contributed by atoms with Crippen molar-refractivity contribution >= 4 is 6.09 Å². The summed E-state index contributed by atoms with van der Waals surface area (Å²) >= 11 is 0. The SMILES string of the molecule is C=C(O)OCC(COC(=O)NC)OC(=C)O. The summed E-state index contributed by atoms with van der Waals surface area (Å²) in [5.74, 6) is -1.05. The van der Waals surface area contributed by atoms with Crippen molar-refractivity contribution in [3.05, 3.63) is 25.0 Å². The molecule has 1 atom stereocenters. The van der Waals surface area contributed by atoms with Gasteiger partial charge in [-0.3, -0.25) is 0 Å². The zero-order valence-electron chi connectivity index (χ0n) is 8.93. The Bertz CT molecular complexity index is 265. The monoisotopic (exact) mass is 233 g/mol. The molecule has 0 heterocycles. The fraction of sp³-hybridized carbons (Fsp3) is 0.444. The van der Waals surface area contributed by atoms with Crippen LogP contribution in [-0.2, 0) is 14.2 Å². The lowest BCUT2D eigenvalue weighted by Gasteiger charge is -2.17. The molecule has 0 saturated carbocycles. The number of hydrogen-bond acceptors (Lipinski definition) is 6. The van der Waals surface area contributed by atoms with Gasteiger partial charge in [0.2, 0.25) is 0 Å². The second kappa shape index (κ2) is 7.27. The summed E-state index contributed by atoms with van der Waals surface area (Å²) in [5.41, 5.74) is 0. The van der Waals surface area contributed by atoms with Gasteiger partial charge in [0.1, 0.15) is 13.2 Å². The van der Waals surface area contributed by atoms with E-state index in [-0.39, 0.29) is 13.2 Å². The smallest absolute Gasteiger partial charge is 0.407 e. The Morgan fingerprint density at radius 1 is 1.25 bits per heavy atom. The van der Waals surface area contributed by atoms with Crippen molar-refractivity contribution in [1.29, 1.82) is 0 Å². The molecule has 0 fully saturated rings. The molecule has 0 aromatic rings. The van der Waals surface area contributed by atoms with Gasteiger partial charge in [0.05, 0.1) is 0 Å². The van der Waals surface area contributed by atoms with Crippen LogP contribution in [0.1, 0.15) is 0 Å². The van der Waals surface area contributed by atoms with E-state index >= 15 is 0 Å². The normalized spacial score (nSPS) is 11.1. The van der Waals surface area contributed by atoms with E-state index in [0.717, 1.165) is 0 Å². The van der Waals surface area contributed by atoms with Gasteiger partial charge in [0.25, 0.3) is 11.9 Å². The quantitative estimate of drug-likeness (QED) is 0.563. The van der Waals surface area contributed by atoms with Crippen molar-refractivity contribution in [3.8, 4) is 0 Å². The molecule has 3 N–H and O–H groups in total. The van der Waals surface area contributed by atoms with Gasteiger partial charge in [-0.2, -0.15) is 0 Å². The molecule has 16 heavy (non-hydrogen) atoms. The molecule has 0 aliphatic rings. The predicted octanol–water partition coefficient (Wildman–Crippen LogP) is 0.803. The summed E-state index contributed by atoms with van der Waals surface area (Å²) in [7, 11) is 1.40. The third-order valence-electron chi connectivity index (χ3n) is 1.34. The maximum Gasteiger partial charge on any atom is 0.407 e. The van der Waals surface area contributed by atoms with Crippen LogP contribution in [-0.4, -0.2) is 42.7 Å². The van der Waals surface area contributed by atoms with Crippen LogP contribution >= 0.6 is 0 Å². The molecular formula is C9H15NO6. The Labute approximate surface area is 92.9 Å². The third kappa shape index (κ3) is 7.36. The molecule has 1 amide bonds. The fourth-order valence-corrected chi connectivity index (χ4v) is 0.738. The minimum Gasteiger partial charge on any atom is -0.481 e. The minimum atomic E-state index is -0.793. The van der Waals surface area contributed by atoms with E-state index in [9.17, 15) is 4.79 Å². The Morgan fingerprint density at radius 3 is 2.25 bits per heavy atom. The molecule has 1 unspecified atom stereocenters. The van der Waals surface area contributed by atoms with Gasteiger partial charge in [-0.15, -0.1) is 0 Å². The van der Waals surface area contributed by atoms with Crippen LogP contribution in [0, 0.1) is 0 Å². The number of carbonyl (C=O) groups is 1. The second-order valence-electron chi connectivity index (χ2n) is 2.69. The van der Waals surface area contributed by atoms with Crippen molar-refractivity contribution in [1.82, 2.24) is 5.32 Å². The molecule has 0 radical (unpaired) electrons. The van der Waals surface area contributed by atoms with Gasteiger partial charge >= 0.3 is 6.09 Å². The number of amides is 1. The van der Waals surface area contributed by atoms with Crippen molar-refractivity contribution in [3.63, 3.8) is 0 Å². The van der Waals surface area contributed by atoms with Gasteiger partial charge in [-0.25, -0.2) is 4.79 Å². The molecule has 0 saturated heterocycles. The highest BCUT2D eigenvalue weighted by Crippen LogP contribution is 2.02. The molecule has 0 aromatic heterocycles. The first-order chi connectivity index (χ1) is 7.45. The lowest BCUT2D eigenvalue weighted by Crippen LogP contribution is -2.29. The molecule has 0 aromatic carbocycles. The Kier molecular flexibility index (Phi) is 6.34. The van der Waals surface area contributed by atoms with Crippen LogP contribution in [0.5, 0.6) is 0 Å². The van der Waals surface area contributed by atoms with E-state index in [1.54, 1.807) is 0 Å². The van der Waals surface area contributed by atoms with Crippen LogP contribution in [0.4, 0.5) is 4.79 Å². The average molecular weight is 233 g/mol. The largest absolute Gasteiger partial charge is 0.481 e. The first-order valence-corrected chi connectivity index (χ1v) is 4.35. The van der Waals surface area contributed by atoms with Crippen molar-refractivity contribution in [2.45, 2.75) is 6.10 Å². The molecule has 92 valence electrons. The minimum absolute atomic E-state index is 0.147. The van der Waals surface area contributed by atoms with Gasteiger partial charge in [0.15, 0.2) is 6.10 Å². The molecule has 0 aliphatic carbocycles. The zero-order chi connectivity index (χ0) is 12.6. The van der Waals surface area contributed by atoms with Crippen LogP contribution in [0.2, 0.25) is 0 Å². The molecule has 0 rings (SSSR count). The summed E-state index contributed by atoms with van der Waals surface area (Å²) in [6, 6.07) is 0. The van der Waals surface area contributed by atoms with Gasteiger partial charge in [-0.1, -0.05) is 0 Å². The number of hydrogen-bond donors (Lipinski definition) is 3. The fourth-order valence-electron chi connectivity index (χ4n) is 0.738. The number of ether oxygens (including phenoxy) is 3. The molecular weight excluding hydrogens is 218 g/mol. The zero-order valence-corrected chi connectivity index (χ0v) is 8.93. The summed E-state index contributed by atoms with van der Waals surface area (Å²) < 4.78 is 14.1. The van der Waals surface area contributed by atoms with E-state index < -0.39 is 24.1 Å². The van der Waals surface area contributed by atoms with E-state index in [1.165, 1.54) is 7.05 Å². The summed E-state index contributed by atoms with van der Waals surface area (Å²) in [6.07, 6.45) is -1.45. The van der Waals surface area contributed by atoms with E-state index in [1.807, 2.05) is 0 Å². The highest BCUT2D eigenvalue weighted by molar-refractivity contribution is 5.66. The number of alkyl carbamates (subject to hydrolysis) is 1. The topological polar surface area (TPSA) is 97.2 Å². The predicted molar refractivity (Wildman–Crippen MR) is 54.8 cm³/mol. The highest BCUT2D eigenvalue weighted by Gasteiger charge is 2.15. The lowest BCUT2D eigenvalue weighted by molar-refractivity contribution is -0.0503. The number of rotatable bonds is 7. The summed E-state index contributed by atoms with van der Waals surface area (Å²) in [5, 5.41) is 19.7. The maximum atomic E-state index is 10.8. The molecule has 0 bridgehead atoms. The lowest BCUT2D eigenvalue weighted by atomic mass is 10.4. The summed E-state index contributed by atoms with van der Waals surface area (Å²) in [4.78, 5) is 10.8. The number of aliphatic hydroxyl groups excluding tert-OH is 2.